The molecule has 1 rings (SSSR count). The molecule has 0 fully saturated rings. The Labute approximate surface area is 126 Å². The van der Waals surface area contributed by atoms with Crippen molar-refractivity contribution in [2.45, 2.75) is 26.7 Å². The van der Waals surface area contributed by atoms with E-state index < -0.39 is 0 Å². The van der Waals surface area contributed by atoms with Gasteiger partial charge in [0.2, 0.25) is 5.91 Å². The van der Waals surface area contributed by atoms with Crippen LogP contribution in [0.15, 0.2) is 24.3 Å². The summed E-state index contributed by atoms with van der Waals surface area (Å²) in [6, 6.07) is 7.25. The third-order valence-electron chi connectivity index (χ3n) is 3.10. The first-order chi connectivity index (χ1) is 9.56. The second kappa shape index (κ2) is 8.66. The molecule has 0 aliphatic rings. The summed E-state index contributed by atoms with van der Waals surface area (Å²) < 4.78 is 0. The molecule has 110 valence electrons. The fourth-order valence-electron chi connectivity index (χ4n) is 1.85. The first kappa shape index (κ1) is 16.6. The van der Waals surface area contributed by atoms with Crippen molar-refractivity contribution in [3.63, 3.8) is 0 Å². The first-order valence-corrected chi connectivity index (χ1v) is 7.39. The summed E-state index contributed by atoms with van der Waals surface area (Å²) in [7, 11) is 0. The summed E-state index contributed by atoms with van der Waals surface area (Å²) in [5, 5.41) is 2.88. The van der Waals surface area contributed by atoms with Gasteiger partial charge in [-0.25, -0.2) is 0 Å². The average molecular weight is 293 g/mol. The predicted octanol–water partition coefficient (Wildman–Crippen LogP) is 2.38. The van der Waals surface area contributed by atoms with Gasteiger partial charge in [0.15, 0.2) is 0 Å². The average Bonchev–Trinajstić information content (AvgIpc) is 2.43. The minimum absolute atomic E-state index is 0.00558. The highest BCUT2D eigenvalue weighted by Gasteiger charge is 2.08. The molecule has 0 heterocycles. The number of hydrogen-bond acceptors (Lipinski definition) is 3. The van der Waals surface area contributed by atoms with E-state index >= 15 is 0 Å². The second-order valence-electron chi connectivity index (χ2n) is 4.71. The van der Waals surface area contributed by atoms with Crippen molar-refractivity contribution in [3.05, 3.63) is 29.8 Å². The van der Waals surface area contributed by atoms with E-state index in [0.29, 0.717) is 11.5 Å². The van der Waals surface area contributed by atoms with Crippen molar-refractivity contribution in [2.24, 2.45) is 5.73 Å². The molecule has 0 saturated carbocycles. The van der Waals surface area contributed by atoms with Crippen LogP contribution in [-0.2, 0) is 4.79 Å². The van der Waals surface area contributed by atoms with Gasteiger partial charge < -0.3 is 11.1 Å². The molecule has 0 aliphatic heterocycles. The van der Waals surface area contributed by atoms with Gasteiger partial charge in [0.1, 0.15) is 4.99 Å². The van der Waals surface area contributed by atoms with Crippen LogP contribution in [0, 0.1) is 0 Å². The fourth-order valence-corrected chi connectivity index (χ4v) is 1.99. The van der Waals surface area contributed by atoms with Gasteiger partial charge in [-0.2, -0.15) is 0 Å². The molecular weight excluding hydrogens is 270 g/mol. The zero-order valence-electron chi connectivity index (χ0n) is 12.2. The van der Waals surface area contributed by atoms with Crippen LogP contribution in [0.25, 0.3) is 0 Å². The van der Waals surface area contributed by atoms with E-state index in [4.69, 9.17) is 18.0 Å². The largest absolute Gasteiger partial charge is 0.389 e. The highest BCUT2D eigenvalue weighted by molar-refractivity contribution is 7.80. The van der Waals surface area contributed by atoms with E-state index in [-0.39, 0.29) is 5.91 Å². The summed E-state index contributed by atoms with van der Waals surface area (Å²) in [6.07, 6.45) is 2.25. The highest BCUT2D eigenvalue weighted by atomic mass is 32.1. The number of nitrogens with one attached hydrogen (secondary N) is 1. The van der Waals surface area contributed by atoms with Gasteiger partial charge in [-0.3, -0.25) is 9.69 Å². The molecule has 0 radical (unpaired) electrons. The molecule has 0 saturated heterocycles. The lowest BCUT2D eigenvalue weighted by Gasteiger charge is -2.19. The Morgan fingerprint density at radius 2 is 1.95 bits per heavy atom. The maximum absolute atomic E-state index is 12.0. The molecule has 0 bridgehead atoms. The van der Waals surface area contributed by atoms with Crippen LogP contribution < -0.4 is 11.1 Å². The molecule has 4 nitrogen and oxygen atoms in total. The quantitative estimate of drug-likeness (QED) is 0.723. The van der Waals surface area contributed by atoms with E-state index in [9.17, 15) is 4.79 Å². The number of nitrogens with zero attached hydrogens (tertiary/aromatic N) is 1. The molecule has 20 heavy (non-hydrogen) atoms. The molecular formula is C15H23N3OS. The van der Waals surface area contributed by atoms with Gasteiger partial charge in [0.25, 0.3) is 0 Å². The van der Waals surface area contributed by atoms with Crippen molar-refractivity contribution in [1.29, 1.82) is 0 Å². The Kier molecular flexibility index (Phi) is 7.18. The van der Waals surface area contributed by atoms with Crippen molar-refractivity contribution in [1.82, 2.24) is 4.90 Å². The van der Waals surface area contributed by atoms with E-state index in [1.54, 1.807) is 0 Å². The number of likely N-dealkylation sites (N-methyl/N-ethyl adjacent to an activating group) is 1. The SMILES string of the molecule is CCCCN(CC)CC(=O)Nc1ccc(C(N)=S)cc1. The molecule has 5 heteroatoms. The standard InChI is InChI=1S/C15H23N3OS/c1-3-5-10-18(4-2)11-14(19)17-13-8-6-12(7-9-13)15(16)20/h6-9H,3-5,10-11H2,1-2H3,(H2,16,20)(H,17,19). The predicted molar refractivity (Wildman–Crippen MR) is 88.0 cm³/mol. The van der Waals surface area contributed by atoms with Gasteiger partial charge in [0, 0.05) is 11.3 Å². The van der Waals surface area contributed by atoms with Gasteiger partial charge in [-0.05, 0) is 43.8 Å². The monoisotopic (exact) mass is 293 g/mol. The molecule has 0 aliphatic carbocycles. The van der Waals surface area contributed by atoms with Crippen molar-refractivity contribution >= 4 is 28.8 Å². The second-order valence-corrected chi connectivity index (χ2v) is 5.15. The van der Waals surface area contributed by atoms with E-state index in [1.807, 2.05) is 24.3 Å². The van der Waals surface area contributed by atoms with Crippen LogP contribution in [0.3, 0.4) is 0 Å². The van der Waals surface area contributed by atoms with Crippen LogP contribution in [0.4, 0.5) is 5.69 Å². The lowest BCUT2D eigenvalue weighted by atomic mass is 10.2. The van der Waals surface area contributed by atoms with Gasteiger partial charge in [-0.1, -0.05) is 32.5 Å². The van der Waals surface area contributed by atoms with Crippen LogP contribution in [-0.4, -0.2) is 35.4 Å². The van der Waals surface area contributed by atoms with Crippen LogP contribution in [0.5, 0.6) is 0 Å². The van der Waals surface area contributed by atoms with Gasteiger partial charge >= 0.3 is 0 Å². The Hall–Kier alpha value is -1.46. The van der Waals surface area contributed by atoms with Gasteiger partial charge in [-0.15, -0.1) is 0 Å². The molecule has 3 N–H and O–H groups in total. The molecule has 0 unspecified atom stereocenters. The number of anilines is 1. The topological polar surface area (TPSA) is 58.4 Å². The number of benzene rings is 1. The van der Waals surface area contributed by atoms with Crippen molar-refractivity contribution < 1.29 is 4.79 Å². The first-order valence-electron chi connectivity index (χ1n) is 6.98. The molecule has 0 spiro atoms. The van der Waals surface area contributed by atoms with E-state index in [0.717, 1.165) is 37.2 Å². The molecule has 1 amide bonds. The number of carbonyl (C=O) groups excluding carboxylic acids is 1. The number of rotatable bonds is 8. The fraction of sp³-hybridized carbons (Fsp3) is 0.467. The van der Waals surface area contributed by atoms with Gasteiger partial charge in [0.05, 0.1) is 6.54 Å². The number of thiocarbonyl (C=S) groups is 1. The molecule has 1 aromatic rings. The third kappa shape index (κ3) is 5.67. The maximum Gasteiger partial charge on any atom is 0.238 e. The Bertz CT molecular complexity index is 445. The number of unbranched alkanes of at least 4 members (excludes halogenated alkanes) is 1. The summed E-state index contributed by atoms with van der Waals surface area (Å²) in [5.41, 5.74) is 7.10. The lowest BCUT2D eigenvalue weighted by molar-refractivity contribution is -0.117. The third-order valence-corrected chi connectivity index (χ3v) is 3.33. The van der Waals surface area contributed by atoms with Crippen molar-refractivity contribution in [3.8, 4) is 0 Å². The number of carbonyl (C=O) groups is 1. The minimum atomic E-state index is 0.00558. The smallest absolute Gasteiger partial charge is 0.238 e. The summed E-state index contributed by atoms with van der Waals surface area (Å²) in [5.74, 6) is 0.00558. The summed E-state index contributed by atoms with van der Waals surface area (Å²) >= 11 is 4.89. The number of amides is 1. The Morgan fingerprint density at radius 1 is 1.30 bits per heavy atom. The summed E-state index contributed by atoms with van der Waals surface area (Å²) in [6.45, 7) is 6.49. The number of nitrogens with two attached hydrogens (primary N) is 1. The van der Waals surface area contributed by atoms with E-state index in [2.05, 4.69) is 24.1 Å². The van der Waals surface area contributed by atoms with Crippen LogP contribution in [0.2, 0.25) is 0 Å². The minimum Gasteiger partial charge on any atom is -0.389 e. The normalized spacial score (nSPS) is 10.6. The van der Waals surface area contributed by atoms with Crippen molar-refractivity contribution in [2.75, 3.05) is 25.0 Å². The molecule has 0 aromatic heterocycles. The van der Waals surface area contributed by atoms with Crippen LogP contribution >= 0.6 is 12.2 Å². The summed E-state index contributed by atoms with van der Waals surface area (Å²) in [4.78, 5) is 14.5. The Morgan fingerprint density at radius 3 is 2.45 bits per heavy atom. The molecule has 0 atom stereocenters. The highest BCUT2D eigenvalue weighted by Crippen LogP contribution is 2.09. The zero-order valence-corrected chi connectivity index (χ0v) is 13.0. The number of hydrogen-bond donors (Lipinski definition) is 2. The Balaban J connectivity index is 2.50. The van der Waals surface area contributed by atoms with Crippen LogP contribution in [0.1, 0.15) is 32.3 Å². The van der Waals surface area contributed by atoms with E-state index in [1.165, 1.54) is 0 Å². The molecule has 1 aromatic carbocycles. The lowest BCUT2D eigenvalue weighted by Crippen LogP contribution is -2.33. The zero-order chi connectivity index (χ0) is 15.0. The maximum atomic E-state index is 12.0.